The van der Waals surface area contributed by atoms with Gasteiger partial charge in [-0.05, 0) is 38.9 Å². The number of piperazine rings is 1. The molecule has 1 saturated heterocycles. The maximum absolute atomic E-state index is 12.8. The lowest BCUT2D eigenvalue weighted by molar-refractivity contribution is 0.0559. The lowest BCUT2D eigenvalue weighted by atomic mass is 9.95. The van der Waals surface area contributed by atoms with Gasteiger partial charge in [-0.25, -0.2) is 4.79 Å². The van der Waals surface area contributed by atoms with E-state index < -0.39 is 5.97 Å². The second-order valence-corrected chi connectivity index (χ2v) is 5.84. The van der Waals surface area contributed by atoms with Gasteiger partial charge in [-0.1, -0.05) is 12.1 Å². The molecule has 0 bridgehead atoms. The van der Waals surface area contributed by atoms with Gasteiger partial charge in [0.15, 0.2) is 0 Å². The average Bonchev–Trinajstić information content (AvgIpc) is 2.43. The van der Waals surface area contributed by atoms with Crippen molar-refractivity contribution in [1.82, 2.24) is 9.80 Å². The van der Waals surface area contributed by atoms with Crippen molar-refractivity contribution in [3.63, 3.8) is 0 Å². The molecule has 0 saturated carbocycles. The topological polar surface area (TPSA) is 60.9 Å². The van der Waals surface area contributed by atoms with Gasteiger partial charge in [0.1, 0.15) is 0 Å². The third kappa shape index (κ3) is 2.93. The quantitative estimate of drug-likeness (QED) is 0.902. The van der Waals surface area contributed by atoms with E-state index in [1.165, 1.54) is 0 Å². The van der Waals surface area contributed by atoms with Crippen LogP contribution in [0.15, 0.2) is 12.1 Å². The summed E-state index contributed by atoms with van der Waals surface area (Å²) >= 11 is 0. The van der Waals surface area contributed by atoms with Crippen LogP contribution in [-0.2, 0) is 0 Å². The number of nitrogens with zero attached hydrogens (tertiary/aromatic N) is 2. The Kier molecular flexibility index (Phi) is 4.32. The number of carbonyl (C=O) groups is 2. The van der Waals surface area contributed by atoms with E-state index in [9.17, 15) is 14.7 Å². The predicted molar refractivity (Wildman–Crippen MR) is 80.9 cm³/mol. The largest absolute Gasteiger partial charge is 0.478 e. The minimum atomic E-state index is -1.04. The van der Waals surface area contributed by atoms with Crippen molar-refractivity contribution < 1.29 is 14.7 Å². The number of amides is 1. The van der Waals surface area contributed by atoms with E-state index in [0.29, 0.717) is 24.2 Å². The molecule has 1 aromatic rings. The maximum atomic E-state index is 12.8. The molecular formula is C16H22N2O3. The van der Waals surface area contributed by atoms with Gasteiger partial charge in [-0.15, -0.1) is 0 Å². The second kappa shape index (κ2) is 5.85. The molecule has 1 unspecified atom stereocenters. The average molecular weight is 290 g/mol. The molecular weight excluding hydrogens is 268 g/mol. The number of rotatable bonds is 2. The highest BCUT2D eigenvalue weighted by molar-refractivity contribution is 6.06. The van der Waals surface area contributed by atoms with Crippen LogP contribution in [0.5, 0.6) is 0 Å². The van der Waals surface area contributed by atoms with E-state index in [0.717, 1.165) is 12.1 Å². The zero-order valence-corrected chi connectivity index (χ0v) is 13.0. The zero-order valence-electron chi connectivity index (χ0n) is 13.0. The van der Waals surface area contributed by atoms with Crippen molar-refractivity contribution in [2.24, 2.45) is 0 Å². The minimum absolute atomic E-state index is 0.131. The van der Waals surface area contributed by atoms with E-state index in [4.69, 9.17) is 0 Å². The van der Waals surface area contributed by atoms with Crippen molar-refractivity contribution in [1.29, 1.82) is 0 Å². The van der Waals surface area contributed by atoms with E-state index in [-0.39, 0.29) is 17.5 Å². The third-order valence-corrected chi connectivity index (χ3v) is 4.30. The van der Waals surface area contributed by atoms with Crippen molar-refractivity contribution in [3.8, 4) is 0 Å². The molecule has 2 rings (SSSR count). The molecule has 21 heavy (non-hydrogen) atoms. The SMILES string of the molecule is Cc1ccc(C)c(C(=O)N2CCN(C)C(C)C2)c1C(=O)O. The molecule has 1 N–H and O–H groups in total. The van der Waals surface area contributed by atoms with Gasteiger partial charge in [0.25, 0.3) is 5.91 Å². The summed E-state index contributed by atoms with van der Waals surface area (Å²) in [5.74, 6) is -1.21. The Bertz CT molecular complexity index is 583. The number of likely N-dealkylation sites (N-methyl/N-ethyl adjacent to an activating group) is 1. The molecule has 0 radical (unpaired) electrons. The van der Waals surface area contributed by atoms with Gasteiger partial charge in [0.2, 0.25) is 0 Å². The summed E-state index contributed by atoms with van der Waals surface area (Å²) in [4.78, 5) is 28.3. The Morgan fingerprint density at radius 1 is 1.14 bits per heavy atom. The second-order valence-electron chi connectivity index (χ2n) is 5.84. The van der Waals surface area contributed by atoms with Gasteiger partial charge in [0.05, 0.1) is 11.1 Å². The molecule has 0 spiro atoms. The van der Waals surface area contributed by atoms with Gasteiger partial charge in [-0.3, -0.25) is 4.79 Å². The fourth-order valence-electron chi connectivity index (χ4n) is 2.75. The number of hydrogen-bond acceptors (Lipinski definition) is 3. The smallest absolute Gasteiger partial charge is 0.336 e. The third-order valence-electron chi connectivity index (χ3n) is 4.30. The molecule has 5 nitrogen and oxygen atoms in total. The fourth-order valence-corrected chi connectivity index (χ4v) is 2.75. The number of benzene rings is 1. The van der Waals surface area contributed by atoms with Crippen molar-refractivity contribution in [3.05, 3.63) is 34.4 Å². The van der Waals surface area contributed by atoms with E-state index in [2.05, 4.69) is 11.8 Å². The van der Waals surface area contributed by atoms with Crippen molar-refractivity contribution in [2.75, 3.05) is 26.7 Å². The standard InChI is InChI=1S/C16H22N2O3/c1-10-5-6-11(2)14(16(20)21)13(10)15(19)18-8-7-17(4)12(3)9-18/h5-6,12H,7-9H2,1-4H3,(H,20,21). The van der Waals surface area contributed by atoms with Crippen molar-refractivity contribution >= 4 is 11.9 Å². The first-order valence-corrected chi connectivity index (χ1v) is 7.16. The lowest BCUT2D eigenvalue weighted by Crippen LogP contribution is -2.52. The van der Waals surface area contributed by atoms with Crippen molar-refractivity contribution in [2.45, 2.75) is 26.8 Å². The van der Waals surface area contributed by atoms with Gasteiger partial charge >= 0.3 is 5.97 Å². The van der Waals surface area contributed by atoms with Crippen LogP contribution in [0, 0.1) is 13.8 Å². The highest BCUT2D eigenvalue weighted by Gasteiger charge is 2.29. The molecule has 1 aliphatic rings. The number of carbonyl (C=O) groups excluding carboxylic acids is 1. The first-order valence-electron chi connectivity index (χ1n) is 7.16. The summed E-state index contributed by atoms with van der Waals surface area (Å²) in [6.45, 7) is 7.65. The van der Waals surface area contributed by atoms with Gasteiger partial charge in [-0.2, -0.15) is 0 Å². The number of carboxylic acids is 1. The van der Waals surface area contributed by atoms with Crippen LogP contribution < -0.4 is 0 Å². The molecule has 1 atom stereocenters. The van der Waals surface area contributed by atoms with Crippen LogP contribution in [-0.4, -0.2) is 59.5 Å². The zero-order chi connectivity index (χ0) is 15.7. The number of aryl methyl sites for hydroxylation is 2. The Morgan fingerprint density at radius 3 is 2.24 bits per heavy atom. The Balaban J connectivity index is 2.40. The van der Waals surface area contributed by atoms with Crippen LogP contribution >= 0.6 is 0 Å². The molecule has 1 aromatic carbocycles. The van der Waals surface area contributed by atoms with E-state index in [1.807, 2.05) is 13.1 Å². The number of aromatic carboxylic acids is 1. The molecule has 1 aliphatic heterocycles. The number of carboxylic acid groups (broad SMARTS) is 1. The first-order chi connectivity index (χ1) is 9.82. The van der Waals surface area contributed by atoms with Crippen LogP contribution in [0.2, 0.25) is 0 Å². The summed E-state index contributed by atoms with van der Waals surface area (Å²) < 4.78 is 0. The highest BCUT2D eigenvalue weighted by atomic mass is 16.4. The normalized spacial score (nSPS) is 19.6. The summed E-state index contributed by atoms with van der Waals surface area (Å²) in [6.07, 6.45) is 0. The van der Waals surface area contributed by atoms with Gasteiger partial charge in [0, 0.05) is 25.7 Å². The molecule has 5 heteroatoms. The number of hydrogen-bond donors (Lipinski definition) is 1. The molecule has 1 heterocycles. The van der Waals surface area contributed by atoms with E-state index >= 15 is 0 Å². The van der Waals surface area contributed by atoms with Crippen LogP contribution in [0.3, 0.4) is 0 Å². The Morgan fingerprint density at radius 2 is 1.71 bits per heavy atom. The highest BCUT2D eigenvalue weighted by Crippen LogP contribution is 2.22. The molecule has 114 valence electrons. The van der Waals surface area contributed by atoms with E-state index in [1.54, 1.807) is 24.8 Å². The van der Waals surface area contributed by atoms with Crippen LogP contribution in [0.25, 0.3) is 0 Å². The van der Waals surface area contributed by atoms with Gasteiger partial charge < -0.3 is 14.9 Å². The predicted octanol–water partition coefficient (Wildman–Crippen LogP) is 1.78. The van der Waals surface area contributed by atoms with Crippen LogP contribution in [0.1, 0.15) is 38.8 Å². The van der Waals surface area contributed by atoms with Crippen LogP contribution in [0.4, 0.5) is 0 Å². The first kappa shape index (κ1) is 15.5. The Labute approximate surface area is 125 Å². The summed E-state index contributed by atoms with van der Waals surface area (Å²) in [6, 6.07) is 3.84. The molecule has 1 fully saturated rings. The molecule has 0 aromatic heterocycles. The summed E-state index contributed by atoms with van der Waals surface area (Å²) in [5.41, 5.74) is 1.80. The summed E-state index contributed by atoms with van der Waals surface area (Å²) in [7, 11) is 2.03. The summed E-state index contributed by atoms with van der Waals surface area (Å²) in [5, 5.41) is 9.43. The maximum Gasteiger partial charge on any atom is 0.336 e. The fraction of sp³-hybridized carbons (Fsp3) is 0.500. The monoisotopic (exact) mass is 290 g/mol. The lowest BCUT2D eigenvalue weighted by Gasteiger charge is -2.38. The molecule has 1 amide bonds. The molecule has 0 aliphatic carbocycles. The minimum Gasteiger partial charge on any atom is -0.478 e. The Hall–Kier alpha value is -1.88.